The zero-order valence-electron chi connectivity index (χ0n) is 32.5. The topological polar surface area (TPSA) is 99.0 Å². The molecule has 7 rings (SSSR count). The number of piperazine rings is 1. The van der Waals surface area contributed by atoms with E-state index >= 15 is 0 Å². The summed E-state index contributed by atoms with van der Waals surface area (Å²) >= 11 is 0. The second kappa shape index (κ2) is 15.5. The number of nitrogens with zero attached hydrogens (tertiary/aromatic N) is 5. The van der Waals surface area contributed by atoms with Crippen molar-refractivity contribution >= 4 is 33.9 Å². The van der Waals surface area contributed by atoms with Gasteiger partial charge in [-0.15, -0.1) is 0 Å². The average Bonchev–Trinajstić information content (AvgIpc) is 3.54. The van der Waals surface area contributed by atoms with E-state index in [1.54, 1.807) is 21.9 Å². The van der Waals surface area contributed by atoms with Crippen molar-refractivity contribution < 1.29 is 23.8 Å². The number of aromatic nitrogens is 3. The maximum atomic E-state index is 13.4. The molecule has 1 fully saturated rings. The lowest BCUT2D eigenvalue weighted by atomic mass is 9.98. The zero-order valence-corrected chi connectivity index (χ0v) is 32.5. The molecular formula is C45H49N5O5. The first-order valence-electron chi connectivity index (χ1n) is 18.9. The predicted octanol–water partition coefficient (Wildman–Crippen LogP) is 9.38. The van der Waals surface area contributed by atoms with Gasteiger partial charge in [0.2, 0.25) is 0 Å². The summed E-state index contributed by atoms with van der Waals surface area (Å²) in [6.07, 6.45) is 8.99. The minimum absolute atomic E-state index is 0.271. The molecule has 284 valence electrons. The molecule has 6 aromatic rings. The number of carbonyl (C=O) groups excluding carboxylic acids is 2. The van der Waals surface area contributed by atoms with Crippen molar-refractivity contribution in [3.8, 4) is 28.0 Å². The fourth-order valence-electron chi connectivity index (χ4n) is 6.92. The number of benzene rings is 3. The van der Waals surface area contributed by atoms with Gasteiger partial charge in [-0.2, -0.15) is 0 Å². The van der Waals surface area contributed by atoms with Crippen molar-refractivity contribution in [3.05, 3.63) is 115 Å². The Labute approximate surface area is 322 Å². The van der Waals surface area contributed by atoms with Crippen LogP contribution in [0.1, 0.15) is 52.7 Å². The van der Waals surface area contributed by atoms with Gasteiger partial charge in [-0.05, 0) is 87.4 Å². The fraction of sp³-hybridized carbons (Fsp3) is 0.333. The summed E-state index contributed by atoms with van der Waals surface area (Å²) in [4.78, 5) is 38.9. The van der Waals surface area contributed by atoms with E-state index in [2.05, 4.69) is 75.5 Å². The number of pyridine rings is 2. The third kappa shape index (κ3) is 8.98. The van der Waals surface area contributed by atoms with Crippen molar-refractivity contribution in [2.45, 2.75) is 65.7 Å². The molecule has 3 aromatic heterocycles. The van der Waals surface area contributed by atoms with E-state index in [9.17, 15) is 9.59 Å². The van der Waals surface area contributed by atoms with E-state index in [0.29, 0.717) is 38.2 Å². The highest BCUT2D eigenvalue weighted by Crippen LogP contribution is 2.38. The number of hydrogen-bond donors (Lipinski definition) is 0. The van der Waals surface area contributed by atoms with E-state index in [1.807, 2.05) is 72.3 Å². The third-order valence-electron chi connectivity index (χ3n) is 9.56. The highest BCUT2D eigenvalue weighted by Gasteiger charge is 2.27. The van der Waals surface area contributed by atoms with Gasteiger partial charge in [0, 0.05) is 92.0 Å². The van der Waals surface area contributed by atoms with Crippen LogP contribution in [0.2, 0.25) is 0 Å². The molecule has 0 atom stereocenters. The number of amides is 1. The van der Waals surface area contributed by atoms with Crippen LogP contribution in [-0.2, 0) is 22.4 Å². The van der Waals surface area contributed by atoms with Gasteiger partial charge >= 0.3 is 12.2 Å². The van der Waals surface area contributed by atoms with Crippen LogP contribution >= 0.6 is 0 Å². The average molecular weight is 740 g/mol. The second-order valence-electron chi connectivity index (χ2n) is 16.1. The highest BCUT2D eigenvalue weighted by atomic mass is 16.6. The lowest BCUT2D eigenvalue weighted by Crippen LogP contribution is -2.49. The summed E-state index contributed by atoms with van der Waals surface area (Å²) in [7, 11) is 0. The smallest absolute Gasteiger partial charge is 0.419 e. The van der Waals surface area contributed by atoms with Gasteiger partial charge in [0.15, 0.2) is 0 Å². The summed E-state index contributed by atoms with van der Waals surface area (Å²) in [5.74, 6) is 0.719. The van der Waals surface area contributed by atoms with Crippen molar-refractivity contribution in [1.82, 2.24) is 24.3 Å². The fourth-order valence-corrected chi connectivity index (χ4v) is 6.92. The van der Waals surface area contributed by atoms with Crippen LogP contribution in [0, 0.1) is 0 Å². The summed E-state index contributed by atoms with van der Waals surface area (Å²) in [6.45, 7) is 15.0. The molecule has 0 saturated carbocycles. The van der Waals surface area contributed by atoms with Gasteiger partial charge in [0.1, 0.15) is 17.0 Å². The summed E-state index contributed by atoms with van der Waals surface area (Å²) in [5.41, 5.74) is 5.76. The molecule has 10 heteroatoms. The van der Waals surface area contributed by atoms with Gasteiger partial charge in [0.25, 0.3) is 0 Å². The Kier molecular flexibility index (Phi) is 10.6. The molecule has 55 heavy (non-hydrogen) atoms. The van der Waals surface area contributed by atoms with Crippen LogP contribution in [0.3, 0.4) is 0 Å². The zero-order chi connectivity index (χ0) is 38.7. The Morgan fingerprint density at radius 1 is 0.691 bits per heavy atom. The highest BCUT2D eigenvalue weighted by molar-refractivity contribution is 6.01. The molecule has 1 aliphatic heterocycles. The molecular weight excluding hydrogens is 691 g/mol. The Hall–Kier alpha value is -5.74. The van der Waals surface area contributed by atoms with Crippen LogP contribution in [0.15, 0.2) is 104 Å². The maximum Gasteiger partial charge on any atom is 0.419 e. The van der Waals surface area contributed by atoms with E-state index in [1.165, 1.54) is 0 Å². The summed E-state index contributed by atoms with van der Waals surface area (Å²) in [5, 5.41) is 3.11. The molecule has 1 amide bonds. The Morgan fingerprint density at radius 3 is 2.09 bits per heavy atom. The van der Waals surface area contributed by atoms with Crippen LogP contribution < -0.4 is 4.74 Å². The molecule has 1 saturated heterocycles. The number of hydrogen-bond acceptors (Lipinski definition) is 8. The van der Waals surface area contributed by atoms with E-state index in [4.69, 9.17) is 14.2 Å². The molecule has 0 spiro atoms. The Morgan fingerprint density at radius 2 is 1.36 bits per heavy atom. The van der Waals surface area contributed by atoms with Crippen molar-refractivity contribution in [3.63, 3.8) is 0 Å². The first-order chi connectivity index (χ1) is 26.3. The summed E-state index contributed by atoms with van der Waals surface area (Å²) < 4.78 is 19.6. The molecule has 4 heterocycles. The quantitative estimate of drug-likeness (QED) is 0.152. The summed E-state index contributed by atoms with van der Waals surface area (Å²) in [6, 6.07) is 25.1. The van der Waals surface area contributed by atoms with E-state index in [-0.39, 0.29) is 6.09 Å². The Bertz CT molecular complexity index is 2310. The molecule has 0 unspecified atom stereocenters. The normalized spacial score (nSPS) is 14.0. The molecule has 0 radical (unpaired) electrons. The number of rotatable bonds is 8. The van der Waals surface area contributed by atoms with Crippen LogP contribution in [0.4, 0.5) is 9.59 Å². The van der Waals surface area contributed by atoms with Gasteiger partial charge in [0.05, 0.1) is 12.1 Å². The van der Waals surface area contributed by atoms with Gasteiger partial charge in [-0.3, -0.25) is 19.4 Å². The first kappa shape index (κ1) is 37.6. The number of carbonyl (C=O) groups is 2. The van der Waals surface area contributed by atoms with E-state index < -0.39 is 17.3 Å². The SMILES string of the molecule is CC(C)(C)OC(=O)N1CCN(Cc2ccc(-c3cn(C(=O)OC(C)(C)C)c4ccncc34)c(OCCc3ccc(-c4cccc5ccncc45)cc3)c2)CC1. The van der Waals surface area contributed by atoms with Crippen molar-refractivity contribution in [1.29, 1.82) is 0 Å². The third-order valence-corrected chi connectivity index (χ3v) is 9.56. The number of fused-ring (bicyclic) bond motifs is 2. The monoisotopic (exact) mass is 739 g/mol. The largest absolute Gasteiger partial charge is 0.493 e. The van der Waals surface area contributed by atoms with Crippen molar-refractivity contribution in [2.24, 2.45) is 0 Å². The lowest BCUT2D eigenvalue weighted by molar-refractivity contribution is 0.0138. The van der Waals surface area contributed by atoms with Gasteiger partial charge < -0.3 is 19.1 Å². The standard InChI is InChI=1S/C45H49N5O5/c1-44(2,3)54-42(51)49-23-21-48(22-24-49)29-32-12-15-36(39-30-50(43(52)55-45(4,5)6)40-17-20-47-28-38(39)40)41(26-32)53-25-18-31-10-13-34(14-11-31)35-9-7-8-33-16-19-46-27-37(33)35/h7-17,19-20,26-28,30H,18,21-25,29H2,1-6H3. The molecule has 1 aliphatic rings. The molecule has 10 nitrogen and oxygen atoms in total. The second-order valence-corrected chi connectivity index (χ2v) is 16.1. The maximum absolute atomic E-state index is 13.4. The number of ether oxygens (including phenoxy) is 3. The van der Waals surface area contributed by atoms with Crippen LogP contribution in [0.5, 0.6) is 5.75 Å². The van der Waals surface area contributed by atoms with Crippen molar-refractivity contribution in [2.75, 3.05) is 32.8 Å². The lowest BCUT2D eigenvalue weighted by Gasteiger charge is -2.35. The van der Waals surface area contributed by atoms with Crippen LogP contribution in [0.25, 0.3) is 43.9 Å². The first-order valence-corrected chi connectivity index (χ1v) is 18.9. The van der Waals surface area contributed by atoms with Gasteiger partial charge in [-0.1, -0.05) is 54.6 Å². The molecule has 0 aliphatic carbocycles. The van der Waals surface area contributed by atoms with Gasteiger partial charge in [-0.25, -0.2) is 9.59 Å². The predicted molar refractivity (Wildman–Crippen MR) is 216 cm³/mol. The van der Waals surface area contributed by atoms with Crippen LogP contribution in [-0.4, -0.2) is 80.5 Å². The Balaban J connectivity index is 1.13. The molecule has 3 aromatic carbocycles. The minimum Gasteiger partial charge on any atom is -0.493 e. The van der Waals surface area contributed by atoms with E-state index in [0.717, 1.165) is 68.4 Å². The minimum atomic E-state index is -0.653. The molecule has 0 bridgehead atoms. The molecule has 0 N–H and O–H groups in total.